The molecular weight excluding hydrogens is 409 g/mol. The number of carboxylic acids is 1. The van der Waals surface area contributed by atoms with Crippen molar-refractivity contribution in [2.75, 3.05) is 0 Å². The first-order chi connectivity index (χ1) is 13.9. The molecule has 1 aliphatic heterocycles. The Balaban J connectivity index is 1.75. The van der Waals surface area contributed by atoms with Crippen LogP contribution in [0.3, 0.4) is 0 Å². The van der Waals surface area contributed by atoms with Gasteiger partial charge in [0.1, 0.15) is 0 Å². The Hall–Kier alpha value is -2.04. The normalized spacial score (nSPS) is 26.8. The lowest BCUT2D eigenvalue weighted by molar-refractivity contribution is -0.149. The van der Waals surface area contributed by atoms with Gasteiger partial charge in [-0.2, -0.15) is 0 Å². The maximum Gasteiger partial charge on any atom is 0.304 e. The lowest BCUT2D eigenvalue weighted by atomic mass is 9.65. The highest BCUT2D eigenvalue weighted by Gasteiger charge is 2.51. The minimum Gasteiger partial charge on any atom is -0.481 e. The molecule has 0 spiro atoms. The second-order valence-electron chi connectivity index (χ2n) is 8.37. The fourth-order valence-corrected chi connectivity index (χ4v) is 4.95. The number of piperidine rings is 1. The Morgan fingerprint density at radius 1 is 1.07 bits per heavy atom. The Morgan fingerprint density at radius 2 is 1.79 bits per heavy atom. The fraction of sp³-hybridized carbons (Fsp3) is 0.391. The molecule has 2 N–H and O–H groups in total. The van der Waals surface area contributed by atoms with E-state index >= 15 is 0 Å². The first-order valence-corrected chi connectivity index (χ1v) is 10.7. The van der Waals surface area contributed by atoms with Crippen molar-refractivity contribution in [3.05, 3.63) is 69.7 Å². The van der Waals surface area contributed by atoms with Crippen molar-refractivity contribution in [3.8, 4) is 0 Å². The standard InChI is InChI=1S/C23H23Cl2NO3/c24-17-8-6-15(7-9-17)21-19(16-2-1-3-18(25)10-16)12-23(13-20(27)28,22(29)26-21)11-14-4-5-14/h1-3,6-10,14,19,21H,4-5,11-13H2,(H,26,29)(H,27,28)/t19-,21-,23-/m1/s1. The van der Waals surface area contributed by atoms with E-state index < -0.39 is 11.4 Å². The van der Waals surface area contributed by atoms with Gasteiger partial charge in [0.2, 0.25) is 5.91 Å². The maximum absolute atomic E-state index is 13.3. The first kappa shape index (κ1) is 20.2. The van der Waals surface area contributed by atoms with Crippen LogP contribution in [0, 0.1) is 11.3 Å². The van der Waals surface area contributed by atoms with Crippen molar-refractivity contribution in [2.24, 2.45) is 11.3 Å². The van der Waals surface area contributed by atoms with E-state index in [4.69, 9.17) is 23.2 Å². The topological polar surface area (TPSA) is 66.4 Å². The van der Waals surface area contributed by atoms with E-state index in [-0.39, 0.29) is 24.3 Å². The lowest BCUT2D eigenvalue weighted by Crippen LogP contribution is -2.51. The minimum atomic E-state index is -0.935. The Morgan fingerprint density at radius 3 is 2.41 bits per heavy atom. The number of nitrogens with one attached hydrogen (secondary N) is 1. The quantitative estimate of drug-likeness (QED) is 0.625. The van der Waals surface area contributed by atoms with Crippen LogP contribution in [0.15, 0.2) is 48.5 Å². The van der Waals surface area contributed by atoms with Crippen LogP contribution in [0.1, 0.15) is 55.2 Å². The van der Waals surface area contributed by atoms with E-state index in [2.05, 4.69) is 5.32 Å². The third-order valence-corrected chi connectivity index (χ3v) is 6.64. The van der Waals surface area contributed by atoms with Gasteiger partial charge in [0.05, 0.1) is 17.9 Å². The summed E-state index contributed by atoms with van der Waals surface area (Å²) in [6.45, 7) is 0. The summed E-state index contributed by atoms with van der Waals surface area (Å²) >= 11 is 12.3. The van der Waals surface area contributed by atoms with Crippen LogP contribution in [0.25, 0.3) is 0 Å². The highest BCUT2D eigenvalue weighted by Crippen LogP contribution is 2.52. The predicted molar refractivity (Wildman–Crippen MR) is 113 cm³/mol. The zero-order valence-electron chi connectivity index (χ0n) is 15.9. The average Bonchev–Trinajstić information content (AvgIpc) is 3.48. The minimum absolute atomic E-state index is 0.0781. The molecule has 152 valence electrons. The lowest BCUT2D eigenvalue weighted by Gasteiger charge is -2.44. The molecule has 1 aliphatic carbocycles. The molecule has 0 aromatic heterocycles. The molecule has 1 heterocycles. The van der Waals surface area contributed by atoms with Crippen LogP contribution in [-0.4, -0.2) is 17.0 Å². The maximum atomic E-state index is 13.3. The number of halogens is 2. The van der Waals surface area contributed by atoms with Gasteiger partial charge >= 0.3 is 5.97 Å². The first-order valence-electron chi connectivity index (χ1n) is 9.90. The number of carbonyl (C=O) groups excluding carboxylic acids is 1. The second kappa shape index (κ2) is 8.00. The van der Waals surface area contributed by atoms with Crippen LogP contribution in [0.5, 0.6) is 0 Å². The number of amides is 1. The third kappa shape index (κ3) is 4.44. The van der Waals surface area contributed by atoms with E-state index in [1.165, 1.54) is 0 Å². The molecule has 0 unspecified atom stereocenters. The van der Waals surface area contributed by atoms with Crippen LogP contribution in [0.4, 0.5) is 0 Å². The van der Waals surface area contributed by atoms with Crippen LogP contribution in [0.2, 0.25) is 10.0 Å². The number of hydrogen-bond donors (Lipinski definition) is 2. The number of hydrogen-bond acceptors (Lipinski definition) is 2. The largest absolute Gasteiger partial charge is 0.481 e. The van der Waals surface area contributed by atoms with Gasteiger partial charge in [0, 0.05) is 16.0 Å². The van der Waals surface area contributed by atoms with Gasteiger partial charge in [0.25, 0.3) is 0 Å². The molecule has 2 aromatic rings. The number of carboxylic acid groups (broad SMARTS) is 1. The van der Waals surface area contributed by atoms with Crippen molar-refractivity contribution in [1.82, 2.24) is 5.32 Å². The second-order valence-corrected chi connectivity index (χ2v) is 9.24. The summed E-state index contributed by atoms with van der Waals surface area (Å²) in [5.41, 5.74) is 1.05. The Labute approximate surface area is 180 Å². The molecule has 1 amide bonds. The number of benzene rings is 2. The molecule has 0 radical (unpaired) electrons. The smallest absolute Gasteiger partial charge is 0.304 e. The van der Waals surface area contributed by atoms with Gasteiger partial charge in [-0.05, 0) is 54.2 Å². The molecule has 29 heavy (non-hydrogen) atoms. The van der Waals surface area contributed by atoms with E-state index in [1.807, 2.05) is 36.4 Å². The van der Waals surface area contributed by atoms with E-state index in [0.29, 0.717) is 28.8 Å². The van der Waals surface area contributed by atoms with Gasteiger partial charge in [-0.25, -0.2) is 0 Å². The molecule has 4 nitrogen and oxygen atoms in total. The van der Waals surface area contributed by atoms with E-state index in [9.17, 15) is 14.7 Å². The summed E-state index contributed by atoms with van der Waals surface area (Å²) < 4.78 is 0. The Kier molecular flexibility index (Phi) is 5.58. The summed E-state index contributed by atoms with van der Waals surface area (Å²) in [6, 6.07) is 14.8. The number of aliphatic carboxylic acids is 1. The van der Waals surface area contributed by atoms with Gasteiger partial charge in [-0.15, -0.1) is 0 Å². The molecule has 2 fully saturated rings. The number of carbonyl (C=O) groups is 2. The number of rotatable bonds is 6. The summed E-state index contributed by atoms with van der Waals surface area (Å²) in [7, 11) is 0. The molecule has 6 heteroatoms. The SMILES string of the molecule is O=C(O)C[C@@]1(CC2CC2)C[C@H](c2cccc(Cl)c2)[C@@H](c2ccc(Cl)cc2)NC1=O. The summed E-state index contributed by atoms with van der Waals surface area (Å²) in [5.74, 6) is -0.738. The van der Waals surface area contributed by atoms with Gasteiger partial charge in [0.15, 0.2) is 0 Å². The van der Waals surface area contributed by atoms with Crippen molar-refractivity contribution >= 4 is 35.1 Å². The van der Waals surface area contributed by atoms with Gasteiger partial charge < -0.3 is 10.4 Å². The van der Waals surface area contributed by atoms with E-state index in [0.717, 1.165) is 24.0 Å². The Bertz CT molecular complexity index is 926. The molecule has 4 rings (SSSR count). The van der Waals surface area contributed by atoms with Crippen LogP contribution in [-0.2, 0) is 9.59 Å². The zero-order valence-corrected chi connectivity index (χ0v) is 17.4. The highest BCUT2D eigenvalue weighted by atomic mass is 35.5. The molecule has 1 saturated carbocycles. The van der Waals surface area contributed by atoms with Crippen molar-refractivity contribution in [1.29, 1.82) is 0 Å². The molecule has 1 saturated heterocycles. The molecule has 0 bridgehead atoms. The molecular formula is C23H23Cl2NO3. The zero-order chi connectivity index (χ0) is 20.6. The van der Waals surface area contributed by atoms with Gasteiger partial charge in [-0.3, -0.25) is 9.59 Å². The van der Waals surface area contributed by atoms with Crippen LogP contribution >= 0.6 is 23.2 Å². The monoisotopic (exact) mass is 431 g/mol. The third-order valence-electron chi connectivity index (χ3n) is 6.15. The summed E-state index contributed by atoms with van der Waals surface area (Å²) in [6.07, 6.45) is 3.08. The summed E-state index contributed by atoms with van der Waals surface area (Å²) in [4.78, 5) is 25.0. The van der Waals surface area contributed by atoms with Gasteiger partial charge in [-0.1, -0.05) is 60.3 Å². The fourth-order valence-electron chi connectivity index (χ4n) is 4.62. The van der Waals surface area contributed by atoms with Crippen molar-refractivity contribution < 1.29 is 14.7 Å². The average molecular weight is 432 g/mol. The molecule has 2 aliphatic rings. The highest BCUT2D eigenvalue weighted by molar-refractivity contribution is 6.30. The van der Waals surface area contributed by atoms with Crippen molar-refractivity contribution in [2.45, 2.75) is 44.1 Å². The molecule has 2 aromatic carbocycles. The van der Waals surface area contributed by atoms with E-state index in [1.54, 1.807) is 12.1 Å². The van der Waals surface area contributed by atoms with Crippen LogP contribution < -0.4 is 5.32 Å². The van der Waals surface area contributed by atoms with Crippen molar-refractivity contribution in [3.63, 3.8) is 0 Å². The molecule has 3 atom stereocenters. The summed E-state index contributed by atoms with van der Waals surface area (Å²) in [5, 5.41) is 14.0. The predicted octanol–water partition coefficient (Wildman–Crippen LogP) is 5.60.